The molecule has 1 aliphatic carbocycles. The highest BCUT2D eigenvalue weighted by Gasteiger charge is 2.48. The SMILES string of the molecule is CCC(C)C(=O)c1cc(F)c(N2CCC3(CC2)CC(N2CCN(c4ccc(C=O)nn4)CC2)C3)cc1C=O. The summed E-state index contributed by atoms with van der Waals surface area (Å²) in [6.07, 6.45) is 6.37. The van der Waals surface area contributed by atoms with Gasteiger partial charge in [0.2, 0.25) is 0 Å². The smallest absolute Gasteiger partial charge is 0.170 e. The lowest BCUT2D eigenvalue weighted by Gasteiger charge is -2.56. The van der Waals surface area contributed by atoms with Gasteiger partial charge in [0, 0.05) is 62.4 Å². The summed E-state index contributed by atoms with van der Waals surface area (Å²) in [5.41, 5.74) is 1.56. The molecular weight excluding hydrogens is 485 g/mol. The van der Waals surface area contributed by atoms with Crippen LogP contribution in [-0.4, -0.2) is 78.8 Å². The van der Waals surface area contributed by atoms with Crippen molar-refractivity contribution in [1.82, 2.24) is 15.1 Å². The first-order valence-corrected chi connectivity index (χ1v) is 13.7. The van der Waals surface area contributed by atoms with Gasteiger partial charge >= 0.3 is 0 Å². The average Bonchev–Trinajstić information content (AvgIpc) is 2.95. The van der Waals surface area contributed by atoms with E-state index in [2.05, 4.69) is 20.0 Å². The number of hydrogen-bond donors (Lipinski definition) is 0. The van der Waals surface area contributed by atoms with Gasteiger partial charge in [-0.05, 0) is 61.8 Å². The van der Waals surface area contributed by atoms with E-state index in [1.807, 2.05) is 24.8 Å². The van der Waals surface area contributed by atoms with Gasteiger partial charge in [-0.3, -0.25) is 19.3 Å². The van der Waals surface area contributed by atoms with E-state index < -0.39 is 5.82 Å². The minimum absolute atomic E-state index is 0.178. The van der Waals surface area contributed by atoms with Crippen molar-refractivity contribution >= 4 is 29.9 Å². The highest BCUT2D eigenvalue weighted by atomic mass is 19.1. The van der Waals surface area contributed by atoms with Crippen LogP contribution in [0.5, 0.6) is 0 Å². The highest BCUT2D eigenvalue weighted by molar-refractivity contribution is 6.04. The molecule has 1 unspecified atom stereocenters. The molecule has 9 heteroatoms. The lowest BCUT2D eigenvalue weighted by atomic mass is 9.60. The number of aromatic nitrogens is 2. The van der Waals surface area contributed by atoms with E-state index in [1.54, 1.807) is 12.1 Å². The van der Waals surface area contributed by atoms with Gasteiger partial charge in [-0.1, -0.05) is 13.8 Å². The van der Waals surface area contributed by atoms with Crippen LogP contribution in [0.25, 0.3) is 0 Å². The van der Waals surface area contributed by atoms with Crippen molar-refractivity contribution in [2.24, 2.45) is 11.3 Å². The van der Waals surface area contributed by atoms with Crippen molar-refractivity contribution in [2.75, 3.05) is 49.1 Å². The zero-order chi connectivity index (χ0) is 26.9. The Labute approximate surface area is 223 Å². The summed E-state index contributed by atoms with van der Waals surface area (Å²) in [4.78, 5) is 42.0. The summed E-state index contributed by atoms with van der Waals surface area (Å²) in [7, 11) is 0. The minimum Gasteiger partial charge on any atom is -0.369 e. The number of nitrogens with zero attached hydrogens (tertiary/aromatic N) is 5. The Morgan fingerprint density at radius 3 is 2.32 bits per heavy atom. The van der Waals surface area contributed by atoms with Crippen LogP contribution in [0.2, 0.25) is 0 Å². The number of rotatable bonds is 8. The second-order valence-electron chi connectivity index (χ2n) is 11.2. The van der Waals surface area contributed by atoms with Gasteiger partial charge in [0.1, 0.15) is 11.5 Å². The third-order valence-corrected chi connectivity index (χ3v) is 9.02. The molecule has 0 bridgehead atoms. The van der Waals surface area contributed by atoms with Crippen molar-refractivity contribution in [3.8, 4) is 0 Å². The van der Waals surface area contributed by atoms with Crippen LogP contribution in [0.1, 0.15) is 77.2 Å². The Balaban J connectivity index is 1.14. The summed E-state index contributed by atoms with van der Waals surface area (Å²) >= 11 is 0. The van der Waals surface area contributed by atoms with Gasteiger partial charge in [-0.25, -0.2) is 4.39 Å². The van der Waals surface area contributed by atoms with Crippen molar-refractivity contribution in [3.63, 3.8) is 0 Å². The van der Waals surface area contributed by atoms with E-state index in [0.29, 0.717) is 41.8 Å². The Morgan fingerprint density at radius 2 is 1.74 bits per heavy atom. The molecule has 3 aliphatic rings. The Morgan fingerprint density at radius 1 is 1.03 bits per heavy atom. The van der Waals surface area contributed by atoms with Gasteiger partial charge in [0.25, 0.3) is 0 Å². The van der Waals surface area contributed by atoms with E-state index in [-0.39, 0.29) is 22.8 Å². The molecule has 1 saturated carbocycles. The minimum atomic E-state index is -0.423. The number of ketones is 1. The van der Waals surface area contributed by atoms with Crippen LogP contribution >= 0.6 is 0 Å². The first-order chi connectivity index (χ1) is 18.4. The van der Waals surface area contributed by atoms with Gasteiger partial charge in [-0.15, -0.1) is 10.2 Å². The average molecular weight is 522 g/mol. The number of hydrogen-bond acceptors (Lipinski definition) is 8. The molecule has 1 spiro atoms. The molecule has 8 nitrogen and oxygen atoms in total. The van der Waals surface area contributed by atoms with E-state index in [9.17, 15) is 14.4 Å². The predicted octanol–water partition coefficient (Wildman–Crippen LogP) is 4.04. The molecular formula is C29H36FN5O3. The monoisotopic (exact) mass is 521 g/mol. The lowest BCUT2D eigenvalue weighted by Crippen LogP contribution is -2.59. The molecule has 2 aromatic rings. The predicted molar refractivity (Wildman–Crippen MR) is 144 cm³/mol. The number of anilines is 2. The van der Waals surface area contributed by atoms with Gasteiger partial charge < -0.3 is 9.80 Å². The van der Waals surface area contributed by atoms with Crippen molar-refractivity contribution < 1.29 is 18.8 Å². The molecule has 38 heavy (non-hydrogen) atoms. The van der Waals surface area contributed by atoms with Crippen LogP contribution < -0.4 is 9.80 Å². The fraction of sp³-hybridized carbons (Fsp3) is 0.552. The van der Waals surface area contributed by atoms with E-state index in [1.165, 1.54) is 18.9 Å². The second-order valence-corrected chi connectivity index (χ2v) is 11.2. The number of carbonyl (C=O) groups is 3. The van der Waals surface area contributed by atoms with Crippen molar-refractivity contribution in [3.05, 3.63) is 46.9 Å². The quantitative estimate of drug-likeness (QED) is 0.380. The van der Waals surface area contributed by atoms with Crippen LogP contribution in [0.4, 0.5) is 15.9 Å². The zero-order valence-corrected chi connectivity index (χ0v) is 22.2. The van der Waals surface area contributed by atoms with Crippen LogP contribution in [0.3, 0.4) is 0 Å². The molecule has 1 aromatic carbocycles. The summed E-state index contributed by atoms with van der Waals surface area (Å²) in [5, 5.41) is 8.12. The lowest BCUT2D eigenvalue weighted by molar-refractivity contribution is -0.0186. The number of benzene rings is 1. The number of carbonyl (C=O) groups excluding carboxylic acids is 3. The van der Waals surface area contributed by atoms with Gasteiger partial charge in [0.05, 0.1) is 5.69 Å². The number of piperidine rings is 1. The second kappa shape index (κ2) is 10.9. The summed E-state index contributed by atoms with van der Waals surface area (Å²) in [6.45, 7) is 8.96. The molecule has 2 aliphatic heterocycles. The molecule has 3 fully saturated rings. The normalized spacial score (nSPS) is 20.7. The molecule has 3 heterocycles. The fourth-order valence-electron chi connectivity index (χ4n) is 6.29. The van der Waals surface area contributed by atoms with E-state index in [4.69, 9.17) is 0 Å². The summed E-state index contributed by atoms with van der Waals surface area (Å²) in [5.74, 6) is -0.0299. The third-order valence-electron chi connectivity index (χ3n) is 9.02. The molecule has 5 rings (SSSR count). The molecule has 0 N–H and O–H groups in total. The Hall–Kier alpha value is -3.20. The van der Waals surface area contributed by atoms with Crippen LogP contribution in [-0.2, 0) is 0 Å². The molecule has 1 atom stereocenters. The van der Waals surface area contributed by atoms with Crippen LogP contribution in [0.15, 0.2) is 24.3 Å². The largest absolute Gasteiger partial charge is 0.369 e. The van der Waals surface area contributed by atoms with Gasteiger partial charge in [-0.2, -0.15) is 0 Å². The fourth-order valence-corrected chi connectivity index (χ4v) is 6.29. The number of piperazine rings is 1. The highest BCUT2D eigenvalue weighted by Crippen LogP contribution is 2.51. The number of Topliss-reactive ketones (excluding diaryl/α,β-unsaturated/α-hetero) is 1. The topological polar surface area (TPSA) is 86.7 Å². The zero-order valence-electron chi connectivity index (χ0n) is 22.2. The first-order valence-electron chi connectivity index (χ1n) is 13.7. The molecule has 0 amide bonds. The molecule has 2 saturated heterocycles. The number of halogens is 1. The maximum absolute atomic E-state index is 15.1. The first kappa shape index (κ1) is 26.4. The van der Waals surface area contributed by atoms with Crippen molar-refractivity contribution in [1.29, 1.82) is 0 Å². The van der Waals surface area contributed by atoms with Gasteiger partial charge in [0.15, 0.2) is 24.2 Å². The molecule has 202 valence electrons. The standard InChI is InChI=1S/C29H36FN5O3/c1-3-20(2)28(38)24-15-25(30)26(14-21(24)18-36)34-8-6-29(7-9-34)16-23(17-29)33-10-12-35(13-11-33)27-5-4-22(19-37)31-32-27/h4-5,14-15,18-20,23H,3,6-13,16-17H2,1-2H3. The Bertz CT molecular complexity index is 1180. The van der Waals surface area contributed by atoms with E-state index in [0.717, 1.165) is 57.9 Å². The van der Waals surface area contributed by atoms with Crippen LogP contribution in [0, 0.1) is 17.2 Å². The third kappa shape index (κ3) is 5.08. The molecule has 0 radical (unpaired) electrons. The maximum Gasteiger partial charge on any atom is 0.170 e. The van der Waals surface area contributed by atoms with Crippen molar-refractivity contribution in [2.45, 2.75) is 52.0 Å². The maximum atomic E-state index is 15.1. The molecule has 1 aromatic heterocycles. The van der Waals surface area contributed by atoms with E-state index >= 15 is 4.39 Å². The summed E-state index contributed by atoms with van der Waals surface area (Å²) in [6, 6.07) is 6.97. The Kier molecular flexibility index (Phi) is 7.56. The number of aldehydes is 2. The summed E-state index contributed by atoms with van der Waals surface area (Å²) < 4.78 is 15.1.